The lowest BCUT2D eigenvalue weighted by Crippen LogP contribution is -2.21. The largest absolute Gasteiger partial charge is 0.390 e. The summed E-state index contributed by atoms with van der Waals surface area (Å²) in [6.45, 7) is 4.32. The Morgan fingerprint density at radius 2 is 1.73 bits per heavy atom. The highest BCUT2D eigenvalue weighted by molar-refractivity contribution is 5.23. The maximum absolute atomic E-state index is 9.65. The summed E-state index contributed by atoms with van der Waals surface area (Å²) in [6, 6.07) is 8.13. The topological polar surface area (TPSA) is 41.5 Å². The predicted octanol–water partition coefficient (Wildman–Crippen LogP) is 1.65. The highest BCUT2D eigenvalue weighted by Gasteiger charge is 2.12. The van der Waals surface area contributed by atoms with Gasteiger partial charge in [0.1, 0.15) is 0 Å². The zero-order valence-electron chi connectivity index (χ0n) is 9.58. The number of rotatable bonds is 5. The molecule has 0 aliphatic heterocycles. The molecule has 0 aromatic heterocycles. The van der Waals surface area contributed by atoms with E-state index in [1.54, 1.807) is 7.11 Å². The van der Waals surface area contributed by atoms with Crippen LogP contribution in [0.15, 0.2) is 24.3 Å². The predicted molar refractivity (Wildman–Crippen MR) is 60.3 cm³/mol. The molecule has 0 saturated carbocycles. The molecule has 1 rings (SSSR count). The Morgan fingerprint density at radius 1 is 1.20 bits per heavy atom. The fraction of sp³-hybridized carbons (Fsp3) is 0.500. The second kappa shape index (κ2) is 5.26. The third-order valence-corrected chi connectivity index (χ3v) is 2.08. The van der Waals surface area contributed by atoms with Crippen molar-refractivity contribution >= 4 is 0 Å². The van der Waals surface area contributed by atoms with Crippen LogP contribution in [0.4, 0.5) is 0 Å². The Labute approximate surface area is 91.0 Å². The van der Waals surface area contributed by atoms with E-state index in [0.29, 0.717) is 13.0 Å². The number of hydroxylamine groups is 1. The van der Waals surface area contributed by atoms with Gasteiger partial charge in [0.05, 0.1) is 12.7 Å². The lowest BCUT2D eigenvalue weighted by molar-refractivity contribution is 0.0808. The van der Waals surface area contributed by atoms with Crippen molar-refractivity contribution < 1.29 is 9.94 Å². The van der Waals surface area contributed by atoms with Crippen LogP contribution < -0.4 is 5.48 Å². The van der Waals surface area contributed by atoms with Crippen LogP contribution in [-0.2, 0) is 17.8 Å². The van der Waals surface area contributed by atoms with Crippen LogP contribution in [0.3, 0.4) is 0 Å². The van der Waals surface area contributed by atoms with E-state index in [2.05, 4.69) is 5.48 Å². The van der Waals surface area contributed by atoms with Gasteiger partial charge in [-0.15, -0.1) is 0 Å². The van der Waals surface area contributed by atoms with E-state index in [-0.39, 0.29) is 0 Å². The molecule has 0 saturated heterocycles. The number of hydrogen-bond acceptors (Lipinski definition) is 3. The summed E-state index contributed by atoms with van der Waals surface area (Å²) in [7, 11) is 1.60. The maximum atomic E-state index is 9.65. The fourth-order valence-corrected chi connectivity index (χ4v) is 1.43. The normalized spacial score (nSPS) is 11.7. The molecule has 0 unspecified atom stereocenters. The van der Waals surface area contributed by atoms with Crippen LogP contribution in [-0.4, -0.2) is 17.8 Å². The third-order valence-electron chi connectivity index (χ3n) is 2.08. The average Bonchev–Trinajstić information content (AvgIpc) is 2.14. The molecule has 0 atom stereocenters. The lowest BCUT2D eigenvalue weighted by Gasteiger charge is -2.17. The molecule has 2 N–H and O–H groups in total. The van der Waals surface area contributed by atoms with Gasteiger partial charge in [-0.25, -0.2) is 0 Å². The third kappa shape index (κ3) is 4.93. The molecular formula is C12H19NO2. The number of aliphatic hydroxyl groups is 1. The van der Waals surface area contributed by atoms with E-state index < -0.39 is 5.60 Å². The summed E-state index contributed by atoms with van der Waals surface area (Å²) in [6.07, 6.45) is 0.672. The van der Waals surface area contributed by atoms with Gasteiger partial charge in [-0.2, -0.15) is 5.48 Å². The van der Waals surface area contributed by atoms with Gasteiger partial charge in [0.2, 0.25) is 0 Å². The summed E-state index contributed by atoms with van der Waals surface area (Å²) in [5.41, 5.74) is 4.44. The van der Waals surface area contributed by atoms with Crippen LogP contribution in [0, 0.1) is 0 Å². The SMILES string of the molecule is CONCc1ccc(CC(C)(C)O)cc1. The summed E-state index contributed by atoms with van der Waals surface area (Å²) >= 11 is 0. The van der Waals surface area contributed by atoms with Crippen LogP contribution >= 0.6 is 0 Å². The smallest absolute Gasteiger partial charge is 0.0631 e. The first-order chi connectivity index (χ1) is 7.01. The lowest BCUT2D eigenvalue weighted by atomic mass is 9.98. The highest BCUT2D eigenvalue weighted by atomic mass is 16.6. The van der Waals surface area contributed by atoms with E-state index in [1.165, 1.54) is 0 Å². The van der Waals surface area contributed by atoms with Crippen molar-refractivity contribution in [1.82, 2.24) is 5.48 Å². The summed E-state index contributed by atoms with van der Waals surface area (Å²) < 4.78 is 0. The molecule has 0 spiro atoms. The Balaban J connectivity index is 2.56. The van der Waals surface area contributed by atoms with E-state index in [0.717, 1.165) is 11.1 Å². The molecule has 0 radical (unpaired) electrons. The molecule has 0 aliphatic carbocycles. The van der Waals surface area contributed by atoms with Crippen molar-refractivity contribution in [2.24, 2.45) is 0 Å². The second-order valence-electron chi connectivity index (χ2n) is 4.33. The van der Waals surface area contributed by atoms with Gasteiger partial charge in [-0.3, -0.25) is 0 Å². The number of hydrogen-bond donors (Lipinski definition) is 2. The van der Waals surface area contributed by atoms with Gasteiger partial charge in [0, 0.05) is 13.0 Å². The molecule has 84 valence electrons. The Hall–Kier alpha value is -0.900. The highest BCUT2D eigenvalue weighted by Crippen LogP contribution is 2.13. The van der Waals surface area contributed by atoms with Crippen LogP contribution in [0.1, 0.15) is 25.0 Å². The zero-order valence-corrected chi connectivity index (χ0v) is 9.58. The zero-order chi connectivity index (χ0) is 11.3. The van der Waals surface area contributed by atoms with Crippen molar-refractivity contribution in [2.75, 3.05) is 7.11 Å². The minimum Gasteiger partial charge on any atom is -0.390 e. The van der Waals surface area contributed by atoms with Gasteiger partial charge < -0.3 is 9.94 Å². The van der Waals surface area contributed by atoms with Crippen molar-refractivity contribution in [3.05, 3.63) is 35.4 Å². The number of benzene rings is 1. The minimum atomic E-state index is -0.647. The van der Waals surface area contributed by atoms with Gasteiger partial charge >= 0.3 is 0 Å². The van der Waals surface area contributed by atoms with Crippen LogP contribution in [0.5, 0.6) is 0 Å². The van der Waals surface area contributed by atoms with E-state index in [1.807, 2.05) is 38.1 Å². The Kier molecular flexibility index (Phi) is 4.27. The quantitative estimate of drug-likeness (QED) is 0.724. The average molecular weight is 209 g/mol. The maximum Gasteiger partial charge on any atom is 0.0631 e. The van der Waals surface area contributed by atoms with Crippen molar-refractivity contribution in [2.45, 2.75) is 32.4 Å². The molecule has 0 fully saturated rings. The first kappa shape index (κ1) is 12.2. The molecule has 0 amide bonds. The summed E-state index contributed by atoms with van der Waals surface area (Å²) in [5.74, 6) is 0. The fourth-order valence-electron chi connectivity index (χ4n) is 1.43. The molecule has 1 aromatic carbocycles. The van der Waals surface area contributed by atoms with Crippen molar-refractivity contribution in [1.29, 1.82) is 0 Å². The van der Waals surface area contributed by atoms with Crippen LogP contribution in [0.2, 0.25) is 0 Å². The van der Waals surface area contributed by atoms with Gasteiger partial charge in [-0.1, -0.05) is 24.3 Å². The minimum absolute atomic E-state index is 0.647. The molecule has 0 bridgehead atoms. The molecule has 0 heterocycles. The van der Waals surface area contributed by atoms with E-state index >= 15 is 0 Å². The first-order valence-electron chi connectivity index (χ1n) is 5.07. The standard InChI is InChI=1S/C12H19NO2/c1-12(2,14)8-10-4-6-11(7-5-10)9-13-15-3/h4-7,13-14H,8-9H2,1-3H3. The molecule has 3 heteroatoms. The van der Waals surface area contributed by atoms with Crippen molar-refractivity contribution in [3.63, 3.8) is 0 Å². The monoisotopic (exact) mass is 209 g/mol. The second-order valence-corrected chi connectivity index (χ2v) is 4.33. The van der Waals surface area contributed by atoms with Crippen LogP contribution in [0.25, 0.3) is 0 Å². The molecule has 0 aliphatic rings. The summed E-state index contributed by atoms with van der Waals surface area (Å²) in [4.78, 5) is 4.77. The molecular weight excluding hydrogens is 190 g/mol. The summed E-state index contributed by atoms with van der Waals surface area (Å²) in [5, 5.41) is 9.65. The first-order valence-corrected chi connectivity index (χ1v) is 5.07. The Bertz CT molecular complexity index is 287. The van der Waals surface area contributed by atoms with Gasteiger partial charge in [0.25, 0.3) is 0 Å². The van der Waals surface area contributed by atoms with Gasteiger partial charge in [0.15, 0.2) is 0 Å². The molecule has 15 heavy (non-hydrogen) atoms. The molecule has 3 nitrogen and oxygen atoms in total. The van der Waals surface area contributed by atoms with E-state index in [4.69, 9.17) is 4.84 Å². The molecule has 1 aromatic rings. The number of nitrogens with one attached hydrogen (secondary N) is 1. The Morgan fingerprint density at radius 3 is 2.20 bits per heavy atom. The van der Waals surface area contributed by atoms with Gasteiger partial charge in [-0.05, 0) is 25.0 Å². The van der Waals surface area contributed by atoms with Crippen molar-refractivity contribution in [3.8, 4) is 0 Å². The van der Waals surface area contributed by atoms with E-state index in [9.17, 15) is 5.11 Å².